The fraction of sp³-hybridized carbons (Fsp3) is 0. The topological polar surface area (TPSA) is 30.7 Å². The molecule has 0 bridgehead atoms. The quantitative estimate of drug-likeness (QED) is 0.158. The van der Waals surface area contributed by atoms with Gasteiger partial charge in [-0.15, -0.1) is 0 Å². The van der Waals surface area contributed by atoms with Gasteiger partial charge in [0.25, 0.3) is 0 Å². The molecule has 3 nitrogen and oxygen atoms in total. The molecule has 12 aromatic rings. The summed E-state index contributed by atoms with van der Waals surface area (Å²) in [6.07, 6.45) is 1.91. The fourth-order valence-electron chi connectivity index (χ4n) is 9.19. The van der Waals surface area contributed by atoms with Crippen LogP contribution in [0.25, 0.3) is 116 Å². The Balaban J connectivity index is 0.793. The van der Waals surface area contributed by atoms with Gasteiger partial charge in [0.1, 0.15) is 0 Å². The van der Waals surface area contributed by atoms with Crippen LogP contribution in [0, 0.1) is 0 Å². The minimum Gasteiger partial charge on any atom is -0.309 e. The van der Waals surface area contributed by atoms with Gasteiger partial charge < -0.3 is 4.57 Å². The minimum atomic E-state index is 0.867. The second kappa shape index (κ2) is 14.3. The number of hydrogen-bond acceptors (Lipinski definition) is 2. The van der Waals surface area contributed by atoms with Gasteiger partial charge in [0.2, 0.25) is 0 Å². The predicted molar refractivity (Wildman–Crippen MR) is 256 cm³/mol. The monoisotopic (exact) mass is 775 g/mol. The summed E-state index contributed by atoms with van der Waals surface area (Å²) in [5.41, 5.74) is 16.9. The normalized spacial score (nSPS) is 11.6. The first-order valence-electron chi connectivity index (χ1n) is 20.8. The number of hydrogen-bond donors (Lipinski definition) is 0. The Morgan fingerprint density at radius 3 is 1.33 bits per heavy atom. The first-order chi connectivity index (χ1) is 30.2. The van der Waals surface area contributed by atoms with E-state index in [9.17, 15) is 0 Å². The molecule has 0 fully saturated rings. The molecule has 0 atom stereocenters. The Hall–Kier alpha value is -8.14. The van der Waals surface area contributed by atoms with Crippen molar-refractivity contribution in [3.05, 3.63) is 225 Å². The Kier molecular flexibility index (Phi) is 8.17. The van der Waals surface area contributed by atoms with Gasteiger partial charge in [0, 0.05) is 32.8 Å². The lowest BCUT2D eigenvalue weighted by molar-refractivity contribution is 1.18. The molecule has 0 unspecified atom stereocenters. The lowest BCUT2D eigenvalue weighted by atomic mass is 9.96. The maximum absolute atomic E-state index is 5.23. The minimum absolute atomic E-state index is 0.867. The van der Waals surface area contributed by atoms with Gasteiger partial charge >= 0.3 is 0 Å². The van der Waals surface area contributed by atoms with E-state index in [-0.39, 0.29) is 0 Å². The maximum atomic E-state index is 5.23. The Morgan fingerprint density at radius 2 is 0.721 bits per heavy atom. The number of para-hydroxylation sites is 2. The van der Waals surface area contributed by atoms with Crippen LogP contribution in [-0.2, 0) is 0 Å². The van der Waals surface area contributed by atoms with E-state index in [0.29, 0.717) is 0 Å². The van der Waals surface area contributed by atoms with Crippen LogP contribution in [0.1, 0.15) is 0 Å². The molecule has 0 saturated carbocycles. The summed E-state index contributed by atoms with van der Waals surface area (Å²) in [5, 5.41) is 7.18. The second-order valence-corrected chi connectivity index (χ2v) is 15.8. The van der Waals surface area contributed by atoms with Crippen molar-refractivity contribution in [1.82, 2.24) is 14.5 Å². The van der Waals surface area contributed by atoms with Crippen molar-refractivity contribution < 1.29 is 0 Å². The molecular weight excluding hydrogens is 739 g/mol. The van der Waals surface area contributed by atoms with E-state index < -0.39 is 0 Å². The van der Waals surface area contributed by atoms with Crippen LogP contribution in [0.4, 0.5) is 0 Å². The molecule has 0 radical (unpaired) electrons. The highest BCUT2D eigenvalue weighted by atomic mass is 15.0. The molecule has 0 N–H and O–H groups in total. The van der Waals surface area contributed by atoms with Crippen LogP contribution >= 0.6 is 0 Å². The molecular formula is C58H37N3. The molecule has 3 heteroatoms. The number of aromatic nitrogens is 3. The molecule has 0 aliphatic heterocycles. The molecule has 2 heterocycles. The van der Waals surface area contributed by atoms with E-state index in [0.717, 1.165) is 44.2 Å². The van der Waals surface area contributed by atoms with Crippen molar-refractivity contribution in [2.45, 2.75) is 0 Å². The molecule has 0 spiro atoms. The summed E-state index contributed by atoms with van der Waals surface area (Å²) in [7, 11) is 0. The largest absolute Gasteiger partial charge is 0.309 e. The van der Waals surface area contributed by atoms with E-state index in [1.165, 1.54) is 71.6 Å². The number of rotatable bonds is 6. The van der Waals surface area contributed by atoms with Gasteiger partial charge in [-0.2, -0.15) is 0 Å². The number of fused-ring (bicyclic) bond motifs is 9. The molecule has 0 saturated heterocycles. The van der Waals surface area contributed by atoms with Crippen LogP contribution < -0.4 is 0 Å². The smallest absolute Gasteiger partial charge is 0.0979 e. The van der Waals surface area contributed by atoms with Crippen molar-refractivity contribution in [3.8, 4) is 61.5 Å². The van der Waals surface area contributed by atoms with E-state index in [1.54, 1.807) is 0 Å². The molecule has 0 aliphatic carbocycles. The first-order valence-corrected chi connectivity index (χ1v) is 20.8. The molecule has 10 aromatic carbocycles. The highest BCUT2D eigenvalue weighted by Crippen LogP contribution is 2.37. The summed E-state index contributed by atoms with van der Waals surface area (Å²) >= 11 is 0. The van der Waals surface area contributed by atoms with E-state index >= 15 is 0 Å². The average molecular weight is 776 g/mol. The maximum Gasteiger partial charge on any atom is 0.0979 e. The summed E-state index contributed by atoms with van der Waals surface area (Å²) in [6, 6.07) is 78.5. The number of benzene rings is 10. The zero-order valence-corrected chi connectivity index (χ0v) is 33.2. The average Bonchev–Trinajstić information content (AvgIpc) is 3.68. The lowest BCUT2D eigenvalue weighted by Gasteiger charge is -2.11. The zero-order valence-electron chi connectivity index (χ0n) is 33.2. The third-order valence-corrected chi connectivity index (χ3v) is 12.3. The van der Waals surface area contributed by atoms with Crippen molar-refractivity contribution in [2.24, 2.45) is 0 Å². The van der Waals surface area contributed by atoms with Crippen LogP contribution in [0.15, 0.2) is 225 Å². The fourth-order valence-corrected chi connectivity index (χ4v) is 9.19. The van der Waals surface area contributed by atoms with Crippen molar-refractivity contribution in [1.29, 1.82) is 0 Å². The van der Waals surface area contributed by atoms with E-state index in [1.807, 2.05) is 6.20 Å². The van der Waals surface area contributed by atoms with Crippen molar-refractivity contribution >= 4 is 54.4 Å². The van der Waals surface area contributed by atoms with Crippen LogP contribution in [-0.4, -0.2) is 14.5 Å². The third-order valence-electron chi connectivity index (χ3n) is 12.3. The molecule has 12 rings (SSSR count). The highest BCUT2D eigenvalue weighted by molar-refractivity contribution is 6.23. The molecule has 2 aromatic heterocycles. The Labute approximate surface area is 353 Å². The predicted octanol–water partition coefficient (Wildman–Crippen LogP) is 15.4. The summed E-state index contributed by atoms with van der Waals surface area (Å²) < 4.78 is 2.38. The van der Waals surface area contributed by atoms with Crippen LogP contribution in [0.5, 0.6) is 0 Å². The van der Waals surface area contributed by atoms with Gasteiger partial charge in [0.05, 0.1) is 34.0 Å². The zero-order chi connectivity index (χ0) is 40.3. The second-order valence-electron chi connectivity index (χ2n) is 15.8. The van der Waals surface area contributed by atoms with Gasteiger partial charge in [0.15, 0.2) is 0 Å². The number of nitrogens with zero attached hydrogens (tertiary/aromatic N) is 3. The first kappa shape index (κ1) is 34.9. The van der Waals surface area contributed by atoms with Crippen LogP contribution in [0.3, 0.4) is 0 Å². The summed E-state index contributed by atoms with van der Waals surface area (Å²) in [4.78, 5) is 10.2. The molecule has 61 heavy (non-hydrogen) atoms. The molecule has 0 aliphatic rings. The highest BCUT2D eigenvalue weighted by Gasteiger charge is 2.15. The van der Waals surface area contributed by atoms with E-state index in [2.05, 4.69) is 223 Å². The summed E-state index contributed by atoms with van der Waals surface area (Å²) in [5.74, 6) is 0. The van der Waals surface area contributed by atoms with Crippen molar-refractivity contribution in [2.75, 3.05) is 0 Å². The third kappa shape index (κ3) is 5.98. The standard InChI is InChI=1S/C58H37N3/c1-2-13-47(14-3-1)61-55-20-9-8-17-50(55)51-34-33-45(36-56(51)61)43-31-27-41(28-32-43)39-23-21-38(22-24-39)40-25-29-42(30-26-40)44-11-10-12-46(35-44)54-37-59-57-52-18-6-4-15-48(52)49-16-5-7-19-53(49)58(57)60-54/h1-37H. The van der Waals surface area contributed by atoms with Gasteiger partial charge in [-0.3, -0.25) is 4.98 Å². The SMILES string of the molecule is c1ccc(-n2c3ccccc3c3ccc(-c4ccc(-c5ccc(-c6ccc(-c7cccc(-c8cnc9c%10ccccc%10c%10ccccc%10c9n8)c7)cc6)cc5)cc4)cc32)cc1. The molecule has 284 valence electrons. The van der Waals surface area contributed by atoms with Gasteiger partial charge in [-0.05, 0) is 85.6 Å². The van der Waals surface area contributed by atoms with E-state index in [4.69, 9.17) is 9.97 Å². The lowest BCUT2D eigenvalue weighted by Crippen LogP contribution is -1.93. The van der Waals surface area contributed by atoms with Crippen LogP contribution in [0.2, 0.25) is 0 Å². The van der Waals surface area contributed by atoms with Crippen molar-refractivity contribution in [3.63, 3.8) is 0 Å². The Bertz CT molecular complexity index is 3570. The Morgan fingerprint density at radius 1 is 0.279 bits per heavy atom. The molecule has 0 amide bonds. The summed E-state index contributed by atoms with van der Waals surface area (Å²) in [6.45, 7) is 0. The van der Waals surface area contributed by atoms with Gasteiger partial charge in [-0.25, -0.2) is 4.98 Å². The van der Waals surface area contributed by atoms with Gasteiger partial charge in [-0.1, -0.05) is 188 Å².